The minimum Gasteiger partial charge on any atom is -0.451 e. The van der Waals surface area contributed by atoms with Gasteiger partial charge >= 0.3 is 0 Å². The van der Waals surface area contributed by atoms with Crippen LogP contribution in [0.4, 0.5) is 0 Å². The Labute approximate surface area is 130 Å². The molecule has 5 nitrogen and oxygen atoms in total. The molecular formula is C17H23N3O2. The second kappa shape index (κ2) is 6.10. The van der Waals surface area contributed by atoms with Gasteiger partial charge in [0.1, 0.15) is 5.58 Å². The number of furan rings is 1. The molecule has 1 aromatic carbocycles. The van der Waals surface area contributed by atoms with Crippen LogP contribution in [0.5, 0.6) is 0 Å². The summed E-state index contributed by atoms with van der Waals surface area (Å²) in [4.78, 5) is 16.8. The molecule has 1 fully saturated rings. The molecule has 0 spiro atoms. The van der Waals surface area contributed by atoms with Crippen molar-refractivity contribution in [3.63, 3.8) is 0 Å². The number of nitrogens with two attached hydrogens (primary N) is 1. The van der Waals surface area contributed by atoms with Gasteiger partial charge in [0, 0.05) is 36.6 Å². The number of para-hydroxylation sites is 1. The van der Waals surface area contributed by atoms with Crippen molar-refractivity contribution in [2.75, 3.05) is 27.2 Å². The van der Waals surface area contributed by atoms with Crippen molar-refractivity contribution >= 4 is 16.9 Å². The lowest BCUT2D eigenvalue weighted by Crippen LogP contribution is -2.45. The van der Waals surface area contributed by atoms with Crippen LogP contribution >= 0.6 is 0 Å². The number of nitrogens with zero attached hydrogens (tertiary/aromatic N) is 2. The molecule has 0 radical (unpaired) electrons. The molecule has 2 N–H and O–H groups in total. The number of hydrogen-bond donors (Lipinski definition) is 1. The van der Waals surface area contributed by atoms with Crippen molar-refractivity contribution in [3.8, 4) is 0 Å². The fourth-order valence-electron chi connectivity index (χ4n) is 3.08. The van der Waals surface area contributed by atoms with Gasteiger partial charge in [0.2, 0.25) is 0 Å². The van der Waals surface area contributed by atoms with E-state index in [1.165, 1.54) is 0 Å². The predicted octanol–water partition coefficient (Wildman–Crippen LogP) is 2.06. The molecule has 1 atom stereocenters. The Kier molecular flexibility index (Phi) is 4.18. The molecule has 2 heterocycles. The van der Waals surface area contributed by atoms with Crippen molar-refractivity contribution in [3.05, 3.63) is 35.6 Å². The lowest BCUT2D eigenvalue weighted by molar-refractivity contribution is 0.0676. The first kappa shape index (κ1) is 15.1. The zero-order valence-corrected chi connectivity index (χ0v) is 13.2. The number of rotatable bonds is 3. The molecule has 3 rings (SSSR count). The number of likely N-dealkylation sites (tertiary alicyclic amines) is 1. The van der Waals surface area contributed by atoms with Gasteiger partial charge in [0.05, 0.1) is 0 Å². The van der Waals surface area contributed by atoms with Crippen LogP contribution in [0.1, 0.15) is 29.0 Å². The summed E-state index contributed by atoms with van der Waals surface area (Å²) < 4.78 is 5.89. The average Bonchev–Trinajstić information content (AvgIpc) is 2.85. The van der Waals surface area contributed by atoms with Crippen LogP contribution in [0.15, 0.2) is 28.7 Å². The quantitative estimate of drug-likeness (QED) is 0.942. The number of carbonyl (C=O) groups excluding carboxylic acids is 1. The van der Waals surface area contributed by atoms with Crippen molar-refractivity contribution in [2.24, 2.45) is 5.73 Å². The van der Waals surface area contributed by atoms with Crippen LogP contribution in [0.25, 0.3) is 11.0 Å². The highest BCUT2D eigenvalue weighted by molar-refractivity contribution is 5.99. The summed E-state index contributed by atoms with van der Waals surface area (Å²) in [5, 5.41) is 1.01. The van der Waals surface area contributed by atoms with Crippen LogP contribution < -0.4 is 5.73 Å². The van der Waals surface area contributed by atoms with Gasteiger partial charge < -0.3 is 20.0 Å². The maximum atomic E-state index is 12.9. The van der Waals surface area contributed by atoms with Crippen molar-refractivity contribution < 1.29 is 9.21 Å². The molecule has 22 heavy (non-hydrogen) atoms. The maximum absolute atomic E-state index is 12.9. The predicted molar refractivity (Wildman–Crippen MR) is 86.7 cm³/mol. The Morgan fingerprint density at radius 1 is 1.41 bits per heavy atom. The number of fused-ring (bicyclic) bond motifs is 1. The van der Waals surface area contributed by atoms with Gasteiger partial charge in [-0.15, -0.1) is 0 Å². The molecule has 1 saturated heterocycles. The highest BCUT2D eigenvalue weighted by Crippen LogP contribution is 2.28. The summed E-state index contributed by atoms with van der Waals surface area (Å²) in [6, 6.07) is 7.89. The molecule has 0 bridgehead atoms. The third-order valence-corrected chi connectivity index (χ3v) is 4.11. The number of carbonyl (C=O) groups is 1. The molecule has 0 aliphatic carbocycles. The Bertz CT molecular complexity index is 678. The number of piperidine rings is 1. The summed E-state index contributed by atoms with van der Waals surface area (Å²) in [7, 11) is 3.99. The normalized spacial score (nSPS) is 19.1. The second-order valence-electron chi connectivity index (χ2n) is 6.30. The van der Waals surface area contributed by atoms with E-state index in [1.807, 2.05) is 43.3 Å². The molecule has 2 aromatic rings. The molecular weight excluding hydrogens is 278 g/mol. The average molecular weight is 301 g/mol. The number of amides is 1. The zero-order chi connectivity index (χ0) is 15.7. The molecule has 5 heteroatoms. The third-order valence-electron chi connectivity index (χ3n) is 4.11. The van der Waals surface area contributed by atoms with Crippen molar-refractivity contribution in [1.82, 2.24) is 9.80 Å². The minimum absolute atomic E-state index is 0.0387. The van der Waals surface area contributed by atoms with Gasteiger partial charge in [0.25, 0.3) is 5.91 Å². The standard InChI is InChI=1S/C17H23N3O2/c1-19(2)11-14-13-7-3-4-8-15(13)22-16(14)17(21)20-9-5-6-12(18)10-20/h3-4,7-8,12H,5-6,9-11,18H2,1-2H3/t12-/m1/s1. The molecule has 1 aliphatic rings. The zero-order valence-electron chi connectivity index (χ0n) is 13.2. The molecule has 0 unspecified atom stereocenters. The largest absolute Gasteiger partial charge is 0.451 e. The van der Waals surface area contributed by atoms with Crippen LogP contribution in [-0.4, -0.2) is 48.9 Å². The molecule has 1 amide bonds. The first-order chi connectivity index (χ1) is 10.6. The summed E-state index contributed by atoms with van der Waals surface area (Å²) in [6.45, 7) is 2.04. The van der Waals surface area contributed by atoms with E-state index in [4.69, 9.17) is 10.2 Å². The van der Waals surface area contributed by atoms with E-state index in [0.29, 0.717) is 18.8 Å². The lowest BCUT2D eigenvalue weighted by Gasteiger charge is -2.30. The van der Waals surface area contributed by atoms with Gasteiger partial charge in [-0.25, -0.2) is 0 Å². The summed E-state index contributed by atoms with van der Waals surface area (Å²) in [5.74, 6) is 0.423. The Balaban J connectivity index is 1.99. The van der Waals surface area contributed by atoms with Gasteiger partial charge in [0.15, 0.2) is 5.76 Å². The highest BCUT2D eigenvalue weighted by atomic mass is 16.3. The van der Waals surface area contributed by atoms with E-state index >= 15 is 0 Å². The Hall–Kier alpha value is -1.85. The van der Waals surface area contributed by atoms with E-state index in [-0.39, 0.29) is 11.9 Å². The van der Waals surface area contributed by atoms with E-state index in [9.17, 15) is 4.79 Å². The van der Waals surface area contributed by atoms with Gasteiger partial charge in [-0.2, -0.15) is 0 Å². The van der Waals surface area contributed by atoms with Crippen molar-refractivity contribution in [2.45, 2.75) is 25.4 Å². The monoisotopic (exact) mass is 301 g/mol. The maximum Gasteiger partial charge on any atom is 0.290 e. The number of hydrogen-bond acceptors (Lipinski definition) is 4. The van der Waals surface area contributed by atoms with Crippen molar-refractivity contribution in [1.29, 1.82) is 0 Å². The van der Waals surface area contributed by atoms with E-state index in [1.54, 1.807) is 0 Å². The minimum atomic E-state index is -0.0387. The second-order valence-corrected chi connectivity index (χ2v) is 6.30. The van der Waals surface area contributed by atoms with Crippen LogP contribution in [0.3, 0.4) is 0 Å². The summed E-state index contributed by atoms with van der Waals surface area (Å²) in [5.41, 5.74) is 7.73. The third kappa shape index (κ3) is 2.87. The van der Waals surface area contributed by atoms with Gasteiger partial charge in [-0.1, -0.05) is 18.2 Å². The fourth-order valence-corrected chi connectivity index (χ4v) is 3.08. The molecule has 118 valence electrons. The fraction of sp³-hybridized carbons (Fsp3) is 0.471. The topological polar surface area (TPSA) is 62.7 Å². The number of benzene rings is 1. The molecule has 1 aromatic heterocycles. The Morgan fingerprint density at radius 2 is 2.18 bits per heavy atom. The van der Waals surface area contributed by atoms with Gasteiger partial charge in [-0.3, -0.25) is 4.79 Å². The first-order valence-electron chi connectivity index (χ1n) is 7.76. The molecule has 0 saturated carbocycles. The van der Waals surface area contributed by atoms with Gasteiger partial charge in [-0.05, 0) is 33.0 Å². The SMILES string of the molecule is CN(C)Cc1c(C(=O)N2CCC[C@@H](N)C2)oc2ccccc12. The summed E-state index contributed by atoms with van der Waals surface area (Å²) >= 11 is 0. The summed E-state index contributed by atoms with van der Waals surface area (Å²) in [6.07, 6.45) is 1.94. The van der Waals surface area contributed by atoms with E-state index in [0.717, 1.165) is 35.9 Å². The van der Waals surface area contributed by atoms with Crippen LogP contribution in [0.2, 0.25) is 0 Å². The lowest BCUT2D eigenvalue weighted by atomic mass is 10.1. The smallest absolute Gasteiger partial charge is 0.290 e. The van der Waals surface area contributed by atoms with E-state index in [2.05, 4.69) is 4.90 Å². The highest BCUT2D eigenvalue weighted by Gasteiger charge is 2.28. The van der Waals surface area contributed by atoms with Crippen LogP contribution in [0, 0.1) is 0 Å². The Morgan fingerprint density at radius 3 is 2.91 bits per heavy atom. The first-order valence-corrected chi connectivity index (χ1v) is 7.76. The van der Waals surface area contributed by atoms with E-state index < -0.39 is 0 Å². The molecule has 1 aliphatic heterocycles. The van der Waals surface area contributed by atoms with Crippen LogP contribution in [-0.2, 0) is 6.54 Å².